The Balaban J connectivity index is 1.51. The van der Waals surface area contributed by atoms with Crippen LogP contribution in [-0.2, 0) is 16.1 Å². The SMILES string of the molecule is COc1ccc(C(=O)O[C@@H](C)C(=O)NCc2ccc3c(c2)OCO3)cc1. The molecule has 0 saturated carbocycles. The van der Waals surface area contributed by atoms with Crippen LogP contribution in [0.4, 0.5) is 0 Å². The number of hydrogen-bond donors (Lipinski definition) is 1. The van der Waals surface area contributed by atoms with Gasteiger partial charge < -0.3 is 24.3 Å². The van der Waals surface area contributed by atoms with E-state index in [0.29, 0.717) is 29.4 Å². The predicted octanol–water partition coefficient (Wildman–Crippen LogP) is 2.29. The fraction of sp³-hybridized carbons (Fsp3) is 0.263. The third kappa shape index (κ3) is 4.05. The molecule has 0 radical (unpaired) electrons. The maximum Gasteiger partial charge on any atom is 0.338 e. The van der Waals surface area contributed by atoms with E-state index >= 15 is 0 Å². The minimum absolute atomic E-state index is 0.198. The first kappa shape index (κ1) is 17.6. The summed E-state index contributed by atoms with van der Waals surface area (Å²) in [6.07, 6.45) is -0.918. The zero-order chi connectivity index (χ0) is 18.5. The highest BCUT2D eigenvalue weighted by Crippen LogP contribution is 2.32. The van der Waals surface area contributed by atoms with Gasteiger partial charge in [0.15, 0.2) is 17.6 Å². The molecule has 7 nitrogen and oxygen atoms in total. The standard InChI is InChI=1S/C19H19NO6/c1-12(26-19(22)14-4-6-15(23-2)7-5-14)18(21)20-10-13-3-8-16-17(9-13)25-11-24-16/h3-9,12H,10-11H2,1-2H3,(H,20,21)/t12-/m0/s1. The molecule has 0 saturated heterocycles. The molecule has 1 aliphatic heterocycles. The van der Waals surface area contributed by atoms with Gasteiger partial charge in [0.2, 0.25) is 6.79 Å². The van der Waals surface area contributed by atoms with Crippen molar-refractivity contribution >= 4 is 11.9 Å². The van der Waals surface area contributed by atoms with Crippen molar-refractivity contribution in [2.24, 2.45) is 0 Å². The minimum atomic E-state index is -0.918. The maximum absolute atomic E-state index is 12.2. The Bertz CT molecular complexity index is 802. The lowest BCUT2D eigenvalue weighted by Crippen LogP contribution is -2.35. The first-order valence-electron chi connectivity index (χ1n) is 8.08. The van der Waals surface area contributed by atoms with Crippen molar-refractivity contribution in [3.63, 3.8) is 0 Å². The number of nitrogens with one attached hydrogen (secondary N) is 1. The van der Waals surface area contributed by atoms with Crippen molar-refractivity contribution in [1.82, 2.24) is 5.32 Å². The quantitative estimate of drug-likeness (QED) is 0.799. The van der Waals surface area contributed by atoms with Crippen molar-refractivity contribution in [2.45, 2.75) is 19.6 Å². The van der Waals surface area contributed by atoms with Gasteiger partial charge in [0, 0.05) is 6.54 Å². The van der Waals surface area contributed by atoms with Crippen LogP contribution in [0, 0.1) is 0 Å². The van der Waals surface area contributed by atoms with Crippen LogP contribution in [0.5, 0.6) is 17.2 Å². The van der Waals surface area contributed by atoms with E-state index in [1.165, 1.54) is 6.92 Å². The Labute approximate surface area is 150 Å². The smallest absolute Gasteiger partial charge is 0.338 e. The van der Waals surface area contributed by atoms with Gasteiger partial charge in [0.1, 0.15) is 5.75 Å². The third-order valence-corrected chi connectivity index (χ3v) is 3.88. The summed E-state index contributed by atoms with van der Waals surface area (Å²) in [4.78, 5) is 24.2. The Hall–Kier alpha value is -3.22. The summed E-state index contributed by atoms with van der Waals surface area (Å²) < 4.78 is 20.8. The molecule has 0 aliphatic carbocycles. The number of hydrogen-bond acceptors (Lipinski definition) is 6. The number of esters is 1. The molecule has 1 aliphatic rings. The molecule has 0 bridgehead atoms. The van der Waals surface area contributed by atoms with E-state index in [1.807, 2.05) is 6.07 Å². The first-order chi connectivity index (χ1) is 12.6. The van der Waals surface area contributed by atoms with Gasteiger partial charge in [-0.1, -0.05) is 6.07 Å². The van der Waals surface area contributed by atoms with Gasteiger partial charge in [-0.05, 0) is 48.9 Å². The molecule has 0 spiro atoms. The molecule has 26 heavy (non-hydrogen) atoms. The maximum atomic E-state index is 12.2. The van der Waals surface area contributed by atoms with Gasteiger partial charge in [-0.3, -0.25) is 4.79 Å². The van der Waals surface area contributed by atoms with E-state index in [4.69, 9.17) is 18.9 Å². The summed E-state index contributed by atoms with van der Waals surface area (Å²) in [5.74, 6) is 1.01. The number of methoxy groups -OCH3 is 1. The van der Waals surface area contributed by atoms with Gasteiger partial charge in [-0.2, -0.15) is 0 Å². The number of benzene rings is 2. The van der Waals surface area contributed by atoms with Gasteiger partial charge in [-0.25, -0.2) is 4.79 Å². The predicted molar refractivity (Wildman–Crippen MR) is 92.3 cm³/mol. The van der Waals surface area contributed by atoms with E-state index in [1.54, 1.807) is 43.5 Å². The van der Waals surface area contributed by atoms with Crippen molar-refractivity contribution < 1.29 is 28.5 Å². The molecular weight excluding hydrogens is 338 g/mol. The van der Waals surface area contributed by atoms with Gasteiger partial charge >= 0.3 is 5.97 Å². The summed E-state index contributed by atoms with van der Waals surface area (Å²) in [5, 5.41) is 2.73. The Morgan fingerprint density at radius 1 is 1.12 bits per heavy atom. The van der Waals surface area contributed by atoms with E-state index in [0.717, 1.165) is 5.56 Å². The molecule has 1 heterocycles. The minimum Gasteiger partial charge on any atom is -0.497 e. The van der Waals surface area contributed by atoms with Crippen LogP contribution in [-0.4, -0.2) is 31.9 Å². The van der Waals surface area contributed by atoms with E-state index < -0.39 is 12.1 Å². The molecule has 7 heteroatoms. The van der Waals surface area contributed by atoms with E-state index in [-0.39, 0.29) is 12.7 Å². The van der Waals surface area contributed by atoms with E-state index in [2.05, 4.69) is 5.32 Å². The summed E-state index contributed by atoms with van der Waals surface area (Å²) >= 11 is 0. The number of carbonyl (C=O) groups excluding carboxylic acids is 2. The average Bonchev–Trinajstić information content (AvgIpc) is 3.13. The molecule has 3 rings (SSSR count). The van der Waals surface area contributed by atoms with E-state index in [9.17, 15) is 9.59 Å². The van der Waals surface area contributed by atoms with Crippen molar-refractivity contribution in [3.05, 3.63) is 53.6 Å². The molecule has 136 valence electrons. The summed E-state index contributed by atoms with van der Waals surface area (Å²) in [5.41, 5.74) is 1.21. The lowest BCUT2D eigenvalue weighted by molar-refractivity contribution is -0.129. The lowest BCUT2D eigenvalue weighted by Gasteiger charge is -2.14. The normalized spacial score (nSPS) is 13.0. The molecule has 2 aromatic carbocycles. The van der Waals surface area contributed by atoms with Crippen molar-refractivity contribution in [3.8, 4) is 17.2 Å². The number of carbonyl (C=O) groups is 2. The van der Waals surface area contributed by atoms with Crippen LogP contribution in [0.1, 0.15) is 22.8 Å². The molecule has 0 unspecified atom stereocenters. The van der Waals surface area contributed by atoms with Crippen LogP contribution in [0.2, 0.25) is 0 Å². The fourth-order valence-corrected chi connectivity index (χ4v) is 2.39. The summed E-state index contributed by atoms with van der Waals surface area (Å²) in [6.45, 7) is 2.01. The number of rotatable bonds is 6. The summed E-state index contributed by atoms with van der Waals surface area (Å²) in [7, 11) is 1.54. The number of fused-ring (bicyclic) bond motifs is 1. The van der Waals surface area contributed by atoms with Crippen molar-refractivity contribution in [1.29, 1.82) is 0 Å². The van der Waals surface area contributed by atoms with Crippen LogP contribution in [0.3, 0.4) is 0 Å². The zero-order valence-electron chi connectivity index (χ0n) is 14.5. The lowest BCUT2D eigenvalue weighted by atomic mass is 10.2. The molecule has 2 aromatic rings. The molecule has 1 N–H and O–H groups in total. The highest BCUT2D eigenvalue weighted by atomic mass is 16.7. The van der Waals surface area contributed by atoms with Crippen LogP contribution in [0.15, 0.2) is 42.5 Å². The van der Waals surface area contributed by atoms with Gasteiger partial charge in [0.25, 0.3) is 5.91 Å². The highest BCUT2D eigenvalue weighted by Gasteiger charge is 2.19. The largest absolute Gasteiger partial charge is 0.497 e. The molecular formula is C19H19NO6. The second kappa shape index (κ2) is 7.77. The monoisotopic (exact) mass is 357 g/mol. The second-order valence-corrected chi connectivity index (χ2v) is 5.68. The van der Waals surface area contributed by atoms with Crippen LogP contribution < -0.4 is 19.5 Å². The van der Waals surface area contributed by atoms with Crippen LogP contribution >= 0.6 is 0 Å². The molecule has 0 fully saturated rings. The number of amides is 1. The molecule has 0 aromatic heterocycles. The Morgan fingerprint density at radius 3 is 2.58 bits per heavy atom. The van der Waals surface area contributed by atoms with Crippen LogP contribution in [0.25, 0.3) is 0 Å². The Kier molecular flexibility index (Phi) is 5.26. The number of ether oxygens (including phenoxy) is 4. The third-order valence-electron chi connectivity index (χ3n) is 3.88. The zero-order valence-corrected chi connectivity index (χ0v) is 14.5. The molecule has 1 atom stereocenters. The van der Waals surface area contributed by atoms with Gasteiger partial charge in [0.05, 0.1) is 12.7 Å². The first-order valence-corrected chi connectivity index (χ1v) is 8.08. The van der Waals surface area contributed by atoms with Gasteiger partial charge in [-0.15, -0.1) is 0 Å². The highest BCUT2D eigenvalue weighted by molar-refractivity contribution is 5.92. The Morgan fingerprint density at radius 2 is 1.85 bits per heavy atom. The van der Waals surface area contributed by atoms with Crippen molar-refractivity contribution in [2.75, 3.05) is 13.9 Å². The average molecular weight is 357 g/mol. The fourth-order valence-electron chi connectivity index (χ4n) is 2.39. The topological polar surface area (TPSA) is 83.1 Å². The molecule has 1 amide bonds. The summed E-state index contributed by atoms with van der Waals surface area (Å²) in [6, 6.07) is 11.9. The second-order valence-electron chi connectivity index (χ2n) is 5.68.